The monoisotopic (exact) mass is 408 g/mol. The van der Waals surface area contributed by atoms with Crippen molar-refractivity contribution < 1.29 is 8.42 Å². The van der Waals surface area contributed by atoms with Gasteiger partial charge in [0.1, 0.15) is 5.01 Å². The highest BCUT2D eigenvalue weighted by atomic mass is 32.2. The van der Waals surface area contributed by atoms with E-state index in [-0.39, 0.29) is 11.8 Å². The lowest BCUT2D eigenvalue weighted by molar-refractivity contribution is 0.569. The molecule has 8 heteroatoms. The van der Waals surface area contributed by atoms with Gasteiger partial charge in [0.25, 0.3) is 0 Å². The summed E-state index contributed by atoms with van der Waals surface area (Å²) < 4.78 is 25.3. The smallest absolute Gasteiger partial charge is 0.191 e. The van der Waals surface area contributed by atoms with Crippen LogP contribution in [0.4, 0.5) is 0 Å². The minimum Gasteiger partial charge on any atom is -0.357 e. The van der Waals surface area contributed by atoms with Gasteiger partial charge in [0.15, 0.2) is 15.8 Å². The number of hydrogen-bond donors (Lipinski definition) is 2. The van der Waals surface area contributed by atoms with Gasteiger partial charge in [-0.1, -0.05) is 32.0 Å². The molecule has 0 aliphatic carbocycles. The summed E-state index contributed by atoms with van der Waals surface area (Å²) in [4.78, 5) is 10.5. The second-order valence-corrected chi connectivity index (χ2v) is 9.35. The Balaban J connectivity index is 2.06. The fourth-order valence-electron chi connectivity index (χ4n) is 2.50. The van der Waals surface area contributed by atoms with Gasteiger partial charge in [-0.05, 0) is 31.9 Å². The molecule has 0 saturated carbocycles. The Morgan fingerprint density at radius 3 is 2.56 bits per heavy atom. The molecular weight excluding hydrogens is 380 g/mol. The largest absolute Gasteiger partial charge is 0.357 e. The maximum atomic E-state index is 12.6. The van der Waals surface area contributed by atoms with Crippen molar-refractivity contribution in [2.75, 3.05) is 12.3 Å². The molecule has 0 spiro atoms. The molecule has 2 rings (SSSR count). The van der Waals surface area contributed by atoms with Gasteiger partial charge in [-0.3, -0.25) is 0 Å². The highest BCUT2D eigenvalue weighted by molar-refractivity contribution is 7.91. The average molecular weight is 409 g/mol. The van der Waals surface area contributed by atoms with Crippen LogP contribution in [0.15, 0.2) is 46.4 Å². The first-order valence-corrected chi connectivity index (χ1v) is 11.7. The van der Waals surface area contributed by atoms with Gasteiger partial charge in [-0.2, -0.15) is 0 Å². The van der Waals surface area contributed by atoms with Crippen molar-refractivity contribution in [2.45, 2.75) is 51.1 Å². The van der Waals surface area contributed by atoms with Crippen LogP contribution in [0, 0.1) is 0 Å². The molecule has 0 aliphatic rings. The van der Waals surface area contributed by atoms with E-state index in [2.05, 4.69) is 27.5 Å². The number of rotatable bonds is 9. The number of guanidine groups is 1. The molecule has 0 fully saturated rings. The Hall–Kier alpha value is -1.93. The summed E-state index contributed by atoms with van der Waals surface area (Å²) in [6.45, 7) is 7.23. The minimum atomic E-state index is -3.35. The molecule has 1 aromatic heterocycles. The Labute approximate surface area is 166 Å². The summed E-state index contributed by atoms with van der Waals surface area (Å²) >= 11 is 1.66. The number of benzene rings is 1. The maximum Gasteiger partial charge on any atom is 0.191 e. The predicted octanol–water partition coefficient (Wildman–Crippen LogP) is 3.01. The van der Waals surface area contributed by atoms with Gasteiger partial charge < -0.3 is 10.6 Å². The molecule has 2 aromatic rings. The van der Waals surface area contributed by atoms with Crippen molar-refractivity contribution in [1.29, 1.82) is 0 Å². The molecule has 1 unspecified atom stereocenters. The average Bonchev–Trinajstić information content (AvgIpc) is 3.14. The molecule has 2 N–H and O–H groups in total. The SMILES string of the molecule is CCNC(=NCc1ncc(CC)s1)NC(CC)CS(=O)(=O)c1ccccc1. The van der Waals surface area contributed by atoms with E-state index in [9.17, 15) is 8.42 Å². The van der Waals surface area contributed by atoms with E-state index in [1.165, 1.54) is 4.88 Å². The molecule has 6 nitrogen and oxygen atoms in total. The van der Waals surface area contributed by atoms with Crippen LogP contribution < -0.4 is 10.6 Å². The van der Waals surface area contributed by atoms with Gasteiger partial charge in [-0.15, -0.1) is 11.3 Å². The van der Waals surface area contributed by atoms with Crippen molar-refractivity contribution >= 4 is 27.1 Å². The van der Waals surface area contributed by atoms with Crippen LogP contribution in [0.2, 0.25) is 0 Å². The second-order valence-electron chi connectivity index (χ2n) is 6.11. The third-order valence-corrected chi connectivity index (χ3v) is 6.98. The summed E-state index contributed by atoms with van der Waals surface area (Å²) in [5, 5.41) is 7.40. The molecule has 0 radical (unpaired) electrons. The zero-order chi connectivity index (χ0) is 19.7. The van der Waals surface area contributed by atoms with E-state index < -0.39 is 9.84 Å². The third kappa shape index (κ3) is 6.62. The van der Waals surface area contributed by atoms with Gasteiger partial charge >= 0.3 is 0 Å². The molecular formula is C19H28N4O2S2. The van der Waals surface area contributed by atoms with Crippen LogP contribution in [0.5, 0.6) is 0 Å². The Morgan fingerprint density at radius 2 is 1.96 bits per heavy atom. The van der Waals surface area contributed by atoms with E-state index in [1.54, 1.807) is 35.6 Å². The van der Waals surface area contributed by atoms with Crippen LogP contribution in [-0.4, -0.2) is 37.7 Å². The number of thiazole rings is 1. The number of sulfone groups is 1. The Kier molecular flexibility index (Phi) is 8.24. The van der Waals surface area contributed by atoms with Gasteiger partial charge in [0.2, 0.25) is 0 Å². The Morgan fingerprint density at radius 1 is 1.22 bits per heavy atom. The van der Waals surface area contributed by atoms with E-state index in [0.29, 0.717) is 30.4 Å². The number of nitrogens with one attached hydrogen (secondary N) is 2. The first-order chi connectivity index (χ1) is 13.0. The molecule has 0 saturated heterocycles. The van der Waals surface area contributed by atoms with Crippen molar-refractivity contribution in [3.05, 3.63) is 46.4 Å². The quantitative estimate of drug-likeness (QED) is 0.492. The molecule has 1 heterocycles. The first-order valence-electron chi connectivity index (χ1n) is 9.24. The van der Waals surface area contributed by atoms with Crippen LogP contribution in [0.3, 0.4) is 0 Å². The zero-order valence-electron chi connectivity index (χ0n) is 16.1. The topological polar surface area (TPSA) is 83.4 Å². The lowest BCUT2D eigenvalue weighted by atomic mass is 10.3. The third-order valence-electron chi connectivity index (χ3n) is 4.02. The summed E-state index contributed by atoms with van der Waals surface area (Å²) in [7, 11) is -3.35. The van der Waals surface area contributed by atoms with Crippen molar-refractivity contribution in [3.8, 4) is 0 Å². The van der Waals surface area contributed by atoms with Gasteiger partial charge in [0.05, 0.1) is 17.2 Å². The maximum absolute atomic E-state index is 12.6. The number of aryl methyl sites for hydroxylation is 1. The molecule has 0 amide bonds. The van der Waals surface area contributed by atoms with E-state index >= 15 is 0 Å². The summed E-state index contributed by atoms with van der Waals surface area (Å²) in [5.41, 5.74) is 0. The second kappa shape index (κ2) is 10.4. The fraction of sp³-hybridized carbons (Fsp3) is 0.474. The lowest BCUT2D eigenvalue weighted by Gasteiger charge is -2.20. The van der Waals surface area contributed by atoms with Gasteiger partial charge in [-0.25, -0.2) is 18.4 Å². The number of nitrogens with zero attached hydrogens (tertiary/aromatic N) is 2. The number of hydrogen-bond acceptors (Lipinski definition) is 5. The molecule has 27 heavy (non-hydrogen) atoms. The number of aliphatic imine (C=N–C) groups is 1. The standard InChI is InChI=1S/C19H28N4O2S2/c1-4-15(14-27(24,25)17-10-8-7-9-11-17)23-19(20-6-3)22-13-18-21-12-16(5-2)26-18/h7-12,15H,4-6,13-14H2,1-3H3,(H2,20,22,23). The molecule has 1 aromatic carbocycles. The highest BCUT2D eigenvalue weighted by Gasteiger charge is 2.21. The summed E-state index contributed by atoms with van der Waals surface area (Å²) in [5.74, 6) is 0.635. The van der Waals surface area contributed by atoms with Crippen LogP contribution in [0.25, 0.3) is 0 Å². The van der Waals surface area contributed by atoms with Crippen molar-refractivity contribution in [1.82, 2.24) is 15.6 Å². The summed E-state index contributed by atoms with van der Waals surface area (Å²) in [6.07, 6.45) is 3.53. The minimum absolute atomic E-state index is 0.0230. The van der Waals surface area contributed by atoms with Crippen molar-refractivity contribution in [2.24, 2.45) is 4.99 Å². The van der Waals surface area contributed by atoms with E-state index in [4.69, 9.17) is 0 Å². The fourth-order valence-corrected chi connectivity index (χ4v) is 4.90. The van der Waals surface area contributed by atoms with E-state index in [1.807, 2.05) is 26.1 Å². The normalized spacial score (nSPS) is 13.4. The highest BCUT2D eigenvalue weighted by Crippen LogP contribution is 2.14. The molecule has 0 bridgehead atoms. The van der Waals surface area contributed by atoms with Crippen LogP contribution >= 0.6 is 11.3 Å². The van der Waals surface area contributed by atoms with Crippen LogP contribution in [-0.2, 0) is 22.8 Å². The first kappa shape index (κ1) is 21.4. The Bertz CT molecular complexity index is 832. The lowest BCUT2D eigenvalue weighted by Crippen LogP contribution is -2.46. The van der Waals surface area contributed by atoms with Gasteiger partial charge in [0, 0.05) is 23.7 Å². The summed E-state index contributed by atoms with van der Waals surface area (Å²) in [6, 6.07) is 8.34. The zero-order valence-corrected chi connectivity index (χ0v) is 17.7. The number of aromatic nitrogens is 1. The van der Waals surface area contributed by atoms with E-state index in [0.717, 1.165) is 11.4 Å². The molecule has 1 atom stereocenters. The molecule has 0 aliphatic heterocycles. The van der Waals surface area contributed by atoms with Crippen molar-refractivity contribution in [3.63, 3.8) is 0 Å². The molecule has 148 valence electrons. The predicted molar refractivity (Wildman–Crippen MR) is 112 cm³/mol. The van der Waals surface area contributed by atoms with Crippen LogP contribution in [0.1, 0.15) is 37.1 Å².